The van der Waals surface area contributed by atoms with Crippen LogP contribution in [0.5, 0.6) is 5.75 Å². The van der Waals surface area contributed by atoms with Gasteiger partial charge in [-0.25, -0.2) is 0 Å². The van der Waals surface area contributed by atoms with Crippen molar-refractivity contribution in [1.29, 1.82) is 0 Å². The van der Waals surface area contributed by atoms with Gasteiger partial charge in [0.05, 0.1) is 12.5 Å². The average Bonchev–Trinajstić information content (AvgIpc) is 2.49. The second-order valence-corrected chi connectivity index (χ2v) is 6.13. The van der Waals surface area contributed by atoms with Gasteiger partial charge in [-0.1, -0.05) is 12.1 Å². The van der Waals surface area contributed by atoms with E-state index < -0.39 is 0 Å². The topological polar surface area (TPSA) is 55.6 Å². The Hall–Kier alpha value is -1.55. The maximum atomic E-state index is 12.4. The Morgan fingerprint density at radius 3 is 2.50 bits per heavy atom. The number of methoxy groups -OCH3 is 1. The number of hydrogen-bond acceptors (Lipinski definition) is 3. The smallest absolute Gasteiger partial charge is 0.230 e. The first-order valence-electron chi connectivity index (χ1n) is 7.31. The van der Waals surface area contributed by atoms with Crippen LogP contribution in [0.4, 0.5) is 0 Å². The molecule has 2 fully saturated rings. The number of benzene rings is 1. The summed E-state index contributed by atoms with van der Waals surface area (Å²) in [5, 5.41) is 0. The van der Waals surface area contributed by atoms with Crippen LogP contribution in [0.3, 0.4) is 0 Å². The number of rotatable bonds is 3. The fourth-order valence-electron chi connectivity index (χ4n) is 3.39. The van der Waals surface area contributed by atoms with Gasteiger partial charge in [-0.2, -0.15) is 0 Å². The standard InChI is InChI=1S/C16H22N2O2/c1-20-14-4-2-12(3-5-14)10-18-11-16(15(18)19)8-6-13(17)7-9-16/h2-5,13H,6-11,17H2,1H3. The Labute approximate surface area is 119 Å². The van der Waals surface area contributed by atoms with Crippen molar-refractivity contribution < 1.29 is 9.53 Å². The molecule has 2 N–H and O–H groups in total. The van der Waals surface area contributed by atoms with Crippen molar-refractivity contribution in [2.45, 2.75) is 38.3 Å². The van der Waals surface area contributed by atoms with Gasteiger partial charge in [-0.05, 0) is 43.4 Å². The van der Waals surface area contributed by atoms with E-state index in [1.807, 2.05) is 29.2 Å². The maximum Gasteiger partial charge on any atom is 0.230 e. The third kappa shape index (κ3) is 2.29. The first-order valence-corrected chi connectivity index (χ1v) is 7.31. The quantitative estimate of drug-likeness (QED) is 0.857. The van der Waals surface area contributed by atoms with Crippen LogP contribution in [0, 0.1) is 5.41 Å². The molecule has 0 bridgehead atoms. The number of hydrogen-bond donors (Lipinski definition) is 1. The minimum Gasteiger partial charge on any atom is -0.497 e. The first kappa shape index (κ1) is 13.4. The number of carbonyl (C=O) groups excluding carboxylic acids is 1. The van der Waals surface area contributed by atoms with E-state index in [9.17, 15) is 4.79 Å². The molecule has 1 aromatic carbocycles. The largest absolute Gasteiger partial charge is 0.497 e. The highest BCUT2D eigenvalue weighted by Gasteiger charge is 2.52. The molecule has 4 heteroatoms. The fraction of sp³-hybridized carbons (Fsp3) is 0.562. The van der Waals surface area contributed by atoms with Crippen LogP contribution in [-0.4, -0.2) is 30.5 Å². The maximum absolute atomic E-state index is 12.4. The van der Waals surface area contributed by atoms with Gasteiger partial charge in [-0.15, -0.1) is 0 Å². The van der Waals surface area contributed by atoms with Crippen LogP contribution in [0.25, 0.3) is 0 Å². The van der Waals surface area contributed by atoms with Crippen LogP contribution in [0.2, 0.25) is 0 Å². The van der Waals surface area contributed by atoms with E-state index in [-0.39, 0.29) is 5.41 Å². The average molecular weight is 274 g/mol. The molecule has 1 heterocycles. The van der Waals surface area contributed by atoms with Gasteiger partial charge >= 0.3 is 0 Å². The molecule has 1 aliphatic carbocycles. The van der Waals surface area contributed by atoms with Crippen molar-refractivity contribution in [1.82, 2.24) is 4.90 Å². The summed E-state index contributed by atoms with van der Waals surface area (Å²) in [5.74, 6) is 1.17. The number of carbonyl (C=O) groups is 1. The van der Waals surface area contributed by atoms with Gasteiger partial charge in [0.15, 0.2) is 0 Å². The summed E-state index contributed by atoms with van der Waals surface area (Å²) >= 11 is 0. The predicted octanol–water partition coefficient (Wildman–Crippen LogP) is 1.93. The zero-order valence-electron chi connectivity index (χ0n) is 12.0. The van der Waals surface area contributed by atoms with E-state index in [1.165, 1.54) is 0 Å². The van der Waals surface area contributed by atoms with Crippen molar-refractivity contribution >= 4 is 5.91 Å². The second kappa shape index (κ2) is 5.09. The number of ether oxygens (including phenoxy) is 1. The third-order valence-electron chi connectivity index (χ3n) is 4.75. The number of β-lactam (4-membered cyclic amide) rings is 1. The molecule has 0 atom stereocenters. The summed E-state index contributed by atoms with van der Waals surface area (Å²) < 4.78 is 5.14. The molecule has 3 rings (SSSR count). The van der Waals surface area contributed by atoms with E-state index in [0.29, 0.717) is 18.5 Å². The molecule has 1 spiro atoms. The minimum absolute atomic E-state index is 0.0810. The first-order chi connectivity index (χ1) is 9.63. The highest BCUT2D eigenvalue weighted by atomic mass is 16.5. The van der Waals surface area contributed by atoms with Crippen molar-refractivity contribution in [3.63, 3.8) is 0 Å². The van der Waals surface area contributed by atoms with Crippen LogP contribution in [0.1, 0.15) is 31.2 Å². The van der Waals surface area contributed by atoms with E-state index in [0.717, 1.165) is 43.5 Å². The summed E-state index contributed by atoms with van der Waals surface area (Å²) in [6, 6.07) is 8.22. The lowest BCUT2D eigenvalue weighted by molar-refractivity contribution is -0.165. The molecule has 0 unspecified atom stereocenters. The van der Waals surface area contributed by atoms with Gasteiger partial charge in [0.2, 0.25) is 5.91 Å². The van der Waals surface area contributed by atoms with Gasteiger partial charge in [-0.3, -0.25) is 4.79 Å². The van der Waals surface area contributed by atoms with Gasteiger partial charge < -0.3 is 15.4 Å². The van der Waals surface area contributed by atoms with Crippen LogP contribution in [0.15, 0.2) is 24.3 Å². The molecular formula is C16H22N2O2. The van der Waals surface area contributed by atoms with E-state index in [4.69, 9.17) is 10.5 Å². The molecule has 0 radical (unpaired) electrons. The molecule has 1 amide bonds. The van der Waals surface area contributed by atoms with E-state index >= 15 is 0 Å². The Balaban J connectivity index is 1.59. The highest BCUT2D eigenvalue weighted by Crippen LogP contribution is 2.45. The van der Waals surface area contributed by atoms with Crippen molar-refractivity contribution in [3.8, 4) is 5.75 Å². The van der Waals surface area contributed by atoms with E-state index in [2.05, 4.69) is 0 Å². The number of amides is 1. The van der Waals surface area contributed by atoms with Crippen molar-refractivity contribution in [2.75, 3.05) is 13.7 Å². The molecule has 1 aromatic rings. The summed E-state index contributed by atoms with van der Waals surface area (Å²) in [7, 11) is 1.66. The Bertz CT molecular complexity index is 490. The molecule has 108 valence electrons. The summed E-state index contributed by atoms with van der Waals surface area (Å²) in [6.07, 6.45) is 3.91. The molecule has 1 saturated carbocycles. The lowest BCUT2D eigenvalue weighted by Gasteiger charge is -2.51. The Kier molecular flexibility index (Phi) is 3.42. The van der Waals surface area contributed by atoms with Gasteiger partial charge in [0.1, 0.15) is 5.75 Å². The van der Waals surface area contributed by atoms with Crippen LogP contribution >= 0.6 is 0 Å². The number of nitrogens with zero attached hydrogens (tertiary/aromatic N) is 1. The summed E-state index contributed by atoms with van der Waals surface area (Å²) in [6.45, 7) is 1.60. The monoisotopic (exact) mass is 274 g/mol. The zero-order valence-corrected chi connectivity index (χ0v) is 12.0. The van der Waals surface area contributed by atoms with Crippen molar-refractivity contribution in [3.05, 3.63) is 29.8 Å². The lowest BCUT2D eigenvalue weighted by atomic mass is 9.66. The Morgan fingerprint density at radius 2 is 1.95 bits per heavy atom. The lowest BCUT2D eigenvalue weighted by Crippen LogP contribution is -2.62. The molecule has 1 aliphatic heterocycles. The van der Waals surface area contributed by atoms with Crippen molar-refractivity contribution in [2.24, 2.45) is 11.1 Å². The SMILES string of the molecule is COc1ccc(CN2CC3(CCC(N)CC3)C2=O)cc1. The predicted molar refractivity (Wildman–Crippen MR) is 77.3 cm³/mol. The van der Waals surface area contributed by atoms with Crippen LogP contribution in [-0.2, 0) is 11.3 Å². The number of nitrogens with two attached hydrogens (primary N) is 1. The normalized spacial score (nSPS) is 29.4. The number of likely N-dealkylation sites (tertiary alicyclic amines) is 1. The highest BCUT2D eigenvalue weighted by molar-refractivity contribution is 5.88. The van der Waals surface area contributed by atoms with E-state index in [1.54, 1.807) is 7.11 Å². The zero-order chi connectivity index (χ0) is 14.2. The third-order valence-corrected chi connectivity index (χ3v) is 4.75. The summed E-state index contributed by atoms with van der Waals surface area (Å²) in [4.78, 5) is 14.4. The second-order valence-electron chi connectivity index (χ2n) is 6.13. The van der Waals surface area contributed by atoms with Crippen LogP contribution < -0.4 is 10.5 Å². The molecule has 2 aliphatic rings. The molecule has 1 saturated heterocycles. The van der Waals surface area contributed by atoms with Gasteiger partial charge in [0, 0.05) is 19.1 Å². The Morgan fingerprint density at radius 1 is 1.30 bits per heavy atom. The molecular weight excluding hydrogens is 252 g/mol. The molecule has 4 nitrogen and oxygen atoms in total. The molecule has 0 aromatic heterocycles. The summed E-state index contributed by atoms with van der Waals surface area (Å²) in [5.41, 5.74) is 7.00. The minimum atomic E-state index is -0.0810. The van der Waals surface area contributed by atoms with Gasteiger partial charge in [0.25, 0.3) is 0 Å². The fourth-order valence-corrected chi connectivity index (χ4v) is 3.39. The molecule has 20 heavy (non-hydrogen) atoms.